The monoisotopic (exact) mass is 394 g/mol. The van der Waals surface area contributed by atoms with Crippen molar-refractivity contribution in [1.29, 1.82) is 0 Å². The fourth-order valence-electron chi connectivity index (χ4n) is 2.75. The van der Waals surface area contributed by atoms with E-state index in [0.717, 1.165) is 28.9 Å². The van der Waals surface area contributed by atoms with Gasteiger partial charge in [0.2, 0.25) is 5.78 Å². The number of benzene rings is 1. The first-order valence-corrected chi connectivity index (χ1v) is 9.89. The van der Waals surface area contributed by atoms with Crippen molar-refractivity contribution >= 4 is 40.0 Å². The summed E-state index contributed by atoms with van der Waals surface area (Å²) in [6.45, 7) is 3.47. The van der Waals surface area contributed by atoms with E-state index in [-0.39, 0.29) is 11.3 Å². The number of aryl methyl sites for hydroxylation is 2. The maximum absolute atomic E-state index is 14.1. The van der Waals surface area contributed by atoms with Gasteiger partial charge in [-0.2, -0.15) is 12.6 Å². The number of carbonyl (C=O) groups is 1. The summed E-state index contributed by atoms with van der Waals surface area (Å²) < 4.78 is 21.3. The molecule has 0 aliphatic rings. The Morgan fingerprint density at radius 2 is 2.04 bits per heavy atom. The van der Waals surface area contributed by atoms with E-state index >= 15 is 0 Å². The van der Waals surface area contributed by atoms with Crippen LogP contribution in [-0.4, -0.2) is 30.3 Å². The van der Waals surface area contributed by atoms with Crippen molar-refractivity contribution in [2.45, 2.75) is 19.9 Å². The van der Waals surface area contributed by atoms with Gasteiger partial charge in [-0.05, 0) is 50.4 Å². The molecule has 0 amide bonds. The number of nitrogens with two attached hydrogens (primary N) is 1. The summed E-state index contributed by atoms with van der Waals surface area (Å²) in [5.41, 5.74) is 6.79. The van der Waals surface area contributed by atoms with Crippen LogP contribution in [0.1, 0.15) is 27.3 Å². The second-order valence-electron chi connectivity index (χ2n) is 5.63. The Bertz CT molecular complexity index is 902. The number of fused-ring (bicyclic) bond motifs is 1. The van der Waals surface area contributed by atoms with Crippen molar-refractivity contribution in [1.82, 2.24) is 4.57 Å². The number of thiophene rings is 1. The first kappa shape index (κ1) is 20.5. The fourth-order valence-corrected chi connectivity index (χ4v) is 3.93. The van der Waals surface area contributed by atoms with Crippen LogP contribution in [0.4, 0.5) is 4.39 Å². The summed E-state index contributed by atoms with van der Waals surface area (Å²) in [6, 6.07) is 8.16. The Balaban J connectivity index is 0.00000117. The Labute approximate surface area is 162 Å². The largest absolute Gasteiger partial charge is 0.497 e. The average molecular weight is 395 g/mol. The zero-order chi connectivity index (χ0) is 19.3. The highest BCUT2D eigenvalue weighted by Gasteiger charge is 2.19. The average Bonchev–Trinajstić information content (AvgIpc) is 3.18. The summed E-state index contributed by atoms with van der Waals surface area (Å²) in [7, 11) is 1.46. The predicted octanol–water partition coefficient (Wildman–Crippen LogP) is 4.28. The van der Waals surface area contributed by atoms with Gasteiger partial charge in [0.15, 0.2) is 0 Å². The molecular formula is C19H23FN2O2S2. The first-order valence-electron chi connectivity index (χ1n) is 8.18. The smallest absolute Gasteiger partial charge is 0.205 e. The van der Waals surface area contributed by atoms with Crippen molar-refractivity contribution < 1.29 is 13.9 Å². The van der Waals surface area contributed by atoms with Crippen molar-refractivity contribution in [3.8, 4) is 5.75 Å². The summed E-state index contributed by atoms with van der Waals surface area (Å²) in [5, 5.41) is 1.01. The van der Waals surface area contributed by atoms with Gasteiger partial charge in [-0.1, -0.05) is 0 Å². The van der Waals surface area contributed by atoms with Gasteiger partial charge in [-0.25, -0.2) is 4.39 Å². The molecular weight excluding hydrogens is 371 g/mol. The topological polar surface area (TPSA) is 57.2 Å². The van der Waals surface area contributed by atoms with Crippen LogP contribution in [0.15, 0.2) is 30.3 Å². The normalized spacial score (nSPS) is 10.5. The standard InChI is InChI=1S/C18H19FN2O2S.CH4S/c1-11-8-12-9-16(24-18(12)21(11)7-3-6-20)17(22)14-5-4-13(23-2)10-15(14)19;1-2/h4-5,8-10H,3,6-7,20H2,1-2H3;2H,1H3. The highest BCUT2D eigenvalue weighted by atomic mass is 32.1. The molecule has 0 radical (unpaired) electrons. The molecule has 140 valence electrons. The number of ether oxygens (including phenoxy) is 1. The van der Waals surface area contributed by atoms with Crippen molar-refractivity contribution in [2.24, 2.45) is 5.73 Å². The van der Waals surface area contributed by atoms with Crippen molar-refractivity contribution in [3.05, 3.63) is 52.3 Å². The predicted molar refractivity (Wildman–Crippen MR) is 110 cm³/mol. The Kier molecular flexibility index (Phi) is 7.25. The highest BCUT2D eigenvalue weighted by Crippen LogP contribution is 2.31. The SMILES string of the molecule is COc1ccc(C(=O)c2cc3cc(C)n(CCCN)c3s2)c(F)c1.CS. The summed E-state index contributed by atoms with van der Waals surface area (Å²) >= 11 is 4.92. The molecule has 2 heterocycles. The molecule has 1 aromatic carbocycles. The molecule has 2 aromatic heterocycles. The number of hydrogen-bond acceptors (Lipinski definition) is 5. The van der Waals surface area contributed by atoms with E-state index in [2.05, 4.69) is 17.2 Å². The van der Waals surface area contributed by atoms with Gasteiger partial charge in [0, 0.05) is 23.7 Å². The number of ketones is 1. The summed E-state index contributed by atoms with van der Waals surface area (Å²) in [4.78, 5) is 14.2. The summed E-state index contributed by atoms with van der Waals surface area (Å²) in [6.07, 6.45) is 2.57. The Morgan fingerprint density at radius 3 is 2.65 bits per heavy atom. The lowest BCUT2D eigenvalue weighted by molar-refractivity contribution is 0.103. The van der Waals surface area contributed by atoms with Crippen LogP contribution in [0.25, 0.3) is 10.2 Å². The molecule has 0 aliphatic carbocycles. The molecule has 7 heteroatoms. The number of aromatic nitrogens is 1. The molecule has 3 rings (SSSR count). The molecule has 0 saturated carbocycles. The van der Waals surface area contributed by atoms with Crippen LogP contribution in [0.2, 0.25) is 0 Å². The maximum atomic E-state index is 14.1. The lowest BCUT2D eigenvalue weighted by Crippen LogP contribution is -2.06. The van der Waals surface area contributed by atoms with Crippen LogP contribution in [0, 0.1) is 12.7 Å². The Morgan fingerprint density at radius 1 is 1.31 bits per heavy atom. The molecule has 0 fully saturated rings. The molecule has 0 aliphatic heterocycles. The fraction of sp³-hybridized carbons (Fsp3) is 0.316. The van der Waals surface area contributed by atoms with Gasteiger partial charge >= 0.3 is 0 Å². The lowest BCUT2D eigenvalue weighted by Gasteiger charge is -2.06. The molecule has 0 unspecified atom stereocenters. The number of halogens is 1. The van der Waals surface area contributed by atoms with Gasteiger partial charge in [-0.15, -0.1) is 11.3 Å². The third kappa shape index (κ3) is 4.11. The molecule has 0 bridgehead atoms. The number of thiol groups is 1. The van der Waals surface area contributed by atoms with Crippen molar-refractivity contribution in [2.75, 3.05) is 19.9 Å². The number of rotatable bonds is 6. The molecule has 0 saturated heterocycles. The minimum Gasteiger partial charge on any atom is -0.497 e. The molecule has 0 atom stereocenters. The number of methoxy groups -OCH3 is 1. The second-order valence-corrected chi connectivity index (χ2v) is 6.66. The van der Waals surface area contributed by atoms with E-state index in [1.807, 2.05) is 19.1 Å². The highest BCUT2D eigenvalue weighted by molar-refractivity contribution is 7.79. The van der Waals surface area contributed by atoms with Crippen LogP contribution < -0.4 is 10.5 Å². The van der Waals surface area contributed by atoms with Gasteiger partial charge in [0.05, 0.1) is 17.6 Å². The number of carbonyl (C=O) groups excluding carboxylic acids is 1. The quantitative estimate of drug-likeness (QED) is 0.484. The van der Waals surface area contributed by atoms with E-state index in [1.165, 1.54) is 30.6 Å². The third-order valence-electron chi connectivity index (χ3n) is 4.01. The zero-order valence-corrected chi connectivity index (χ0v) is 16.8. The van der Waals surface area contributed by atoms with E-state index in [0.29, 0.717) is 17.2 Å². The first-order chi connectivity index (χ1) is 12.5. The molecule has 0 spiro atoms. The molecule has 4 nitrogen and oxygen atoms in total. The minimum atomic E-state index is -0.570. The van der Waals surface area contributed by atoms with Crippen LogP contribution in [0.5, 0.6) is 5.75 Å². The van der Waals surface area contributed by atoms with Gasteiger partial charge < -0.3 is 15.0 Å². The number of hydrogen-bond donors (Lipinski definition) is 2. The number of nitrogens with zero attached hydrogens (tertiary/aromatic N) is 1. The second kappa shape index (κ2) is 9.21. The van der Waals surface area contributed by atoms with E-state index in [9.17, 15) is 9.18 Å². The third-order valence-corrected chi connectivity index (χ3v) is 5.18. The van der Waals surface area contributed by atoms with Crippen LogP contribution >= 0.6 is 24.0 Å². The minimum absolute atomic E-state index is 0.0601. The van der Waals surface area contributed by atoms with Crippen molar-refractivity contribution in [3.63, 3.8) is 0 Å². The van der Waals surface area contributed by atoms with Gasteiger partial charge in [-0.3, -0.25) is 4.79 Å². The Hall–Kier alpha value is -1.83. The van der Waals surface area contributed by atoms with E-state index < -0.39 is 5.82 Å². The zero-order valence-electron chi connectivity index (χ0n) is 15.1. The van der Waals surface area contributed by atoms with Crippen LogP contribution in [0.3, 0.4) is 0 Å². The molecule has 3 aromatic rings. The molecule has 26 heavy (non-hydrogen) atoms. The molecule has 2 N–H and O–H groups in total. The van der Waals surface area contributed by atoms with E-state index in [1.54, 1.807) is 12.3 Å². The summed E-state index contributed by atoms with van der Waals surface area (Å²) in [5.74, 6) is -0.483. The lowest BCUT2D eigenvalue weighted by atomic mass is 10.1. The van der Waals surface area contributed by atoms with Gasteiger partial charge in [0.1, 0.15) is 16.4 Å². The van der Waals surface area contributed by atoms with E-state index in [4.69, 9.17) is 10.5 Å². The van der Waals surface area contributed by atoms with Gasteiger partial charge in [0.25, 0.3) is 0 Å². The maximum Gasteiger partial charge on any atom is 0.205 e. The van der Waals surface area contributed by atoms with Crippen LogP contribution in [-0.2, 0) is 6.54 Å².